The predicted octanol–water partition coefficient (Wildman–Crippen LogP) is -0.393. The van der Waals surface area contributed by atoms with Crippen LogP contribution in [-0.4, -0.2) is 17.4 Å². The standard InChI is InChI=1S/Al.Cu.Fe.Mn.Ni.Zn. The molecule has 0 rings (SSSR count). The summed E-state index contributed by atoms with van der Waals surface area (Å²) in [5, 5.41) is 0. The van der Waals surface area contributed by atoms with Gasteiger partial charge >= 0.3 is 0 Å². The van der Waals surface area contributed by atoms with Gasteiger partial charge in [0.05, 0.1) is 0 Å². The van der Waals surface area contributed by atoms with Crippen LogP contribution in [0.4, 0.5) is 0 Å². The number of rotatable bonds is 0. The topological polar surface area (TPSA) is 0 Å². The maximum absolute atomic E-state index is 0. The molecule has 0 spiro atoms. The zero-order valence-corrected chi connectivity index (χ0v) is 11.0. The van der Waals surface area contributed by atoms with Crippen molar-refractivity contribution in [2.24, 2.45) is 0 Å². The predicted molar refractivity (Wildman–Crippen MR) is 5.75 cm³/mol. The van der Waals surface area contributed by atoms with Crippen molar-refractivity contribution >= 4 is 17.4 Å². The van der Waals surface area contributed by atoms with Crippen LogP contribution in [0.3, 0.4) is 0 Å². The first kappa shape index (κ1) is 60.3. The van der Waals surface area contributed by atoms with Crippen molar-refractivity contribution < 1.29 is 87.2 Å². The summed E-state index contributed by atoms with van der Waals surface area (Å²) in [7, 11) is 0. The maximum Gasteiger partial charge on any atom is 0 e. The summed E-state index contributed by atoms with van der Waals surface area (Å²) >= 11 is 0. The van der Waals surface area contributed by atoms with Crippen molar-refractivity contribution in [1.82, 2.24) is 0 Å². The monoisotopic (exact) mass is 323 g/mol. The number of hydrogen-bond acceptors (Lipinski definition) is 0. The van der Waals surface area contributed by atoms with Crippen molar-refractivity contribution in [3.05, 3.63) is 0 Å². The Bertz CT molecular complexity index is 15.5. The zero-order chi connectivity index (χ0) is 0. The Balaban J connectivity index is 0. The van der Waals surface area contributed by atoms with E-state index in [1.165, 1.54) is 0 Å². The van der Waals surface area contributed by atoms with Crippen LogP contribution in [0.15, 0.2) is 0 Å². The Kier molecular flexibility index (Phi) is 416. The van der Waals surface area contributed by atoms with Gasteiger partial charge in [-0.1, -0.05) is 0 Å². The van der Waals surface area contributed by atoms with Crippen LogP contribution in [-0.2, 0) is 87.2 Å². The Morgan fingerprint density at radius 3 is 1.00 bits per heavy atom. The van der Waals surface area contributed by atoms with E-state index >= 15 is 0 Å². The summed E-state index contributed by atoms with van der Waals surface area (Å²) in [5.41, 5.74) is 0. The molecule has 0 unspecified atom stereocenters. The molecule has 0 aliphatic rings. The third-order valence-corrected chi connectivity index (χ3v) is 0. The normalized spacial score (nSPS) is 0. The summed E-state index contributed by atoms with van der Waals surface area (Å²) < 4.78 is 0. The van der Waals surface area contributed by atoms with Gasteiger partial charge in [-0.05, 0) is 0 Å². The van der Waals surface area contributed by atoms with Crippen LogP contribution < -0.4 is 0 Å². The van der Waals surface area contributed by atoms with Gasteiger partial charge in [0, 0.05) is 105 Å². The Hall–Kier alpha value is 3.21. The zero-order valence-electron chi connectivity index (χ0n) is 2.63. The fourth-order valence-electron chi connectivity index (χ4n) is 0. The molecule has 6 heteroatoms. The van der Waals surface area contributed by atoms with Crippen LogP contribution in [0.25, 0.3) is 0 Å². The molecule has 0 aromatic rings. The Labute approximate surface area is 103 Å². The van der Waals surface area contributed by atoms with E-state index in [2.05, 4.69) is 0 Å². The molecule has 0 saturated carbocycles. The van der Waals surface area contributed by atoms with Gasteiger partial charge in [-0.2, -0.15) is 0 Å². The van der Waals surface area contributed by atoms with Gasteiger partial charge in [-0.25, -0.2) is 0 Å². The molecule has 0 aromatic carbocycles. The molecular formula is AlCuFeMnNiZn. The molecule has 0 aliphatic heterocycles. The van der Waals surface area contributed by atoms with Crippen LogP contribution in [0.2, 0.25) is 0 Å². The molecule has 0 nitrogen and oxygen atoms in total. The van der Waals surface area contributed by atoms with Gasteiger partial charge < -0.3 is 0 Å². The van der Waals surface area contributed by atoms with E-state index in [0.29, 0.717) is 0 Å². The average Bonchev–Trinajstić information content (AvgIpc) is 0. The van der Waals surface area contributed by atoms with Crippen LogP contribution in [0.1, 0.15) is 0 Å². The van der Waals surface area contributed by atoms with Crippen LogP contribution in [0.5, 0.6) is 0 Å². The Morgan fingerprint density at radius 1 is 1.00 bits per heavy atom. The summed E-state index contributed by atoms with van der Waals surface area (Å²) in [6.07, 6.45) is 0. The first-order valence-corrected chi connectivity index (χ1v) is 0. The molecular weight excluding hydrogens is 325 g/mol. The second kappa shape index (κ2) is 41.4. The molecule has 0 fully saturated rings. The van der Waals surface area contributed by atoms with Gasteiger partial charge in [0.25, 0.3) is 0 Å². The van der Waals surface area contributed by atoms with Gasteiger partial charge in [-0.15, -0.1) is 0 Å². The van der Waals surface area contributed by atoms with Crippen molar-refractivity contribution in [3.63, 3.8) is 0 Å². The number of hydrogen-bond donors (Lipinski definition) is 0. The summed E-state index contributed by atoms with van der Waals surface area (Å²) in [4.78, 5) is 0. The molecule has 0 saturated heterocycles. The van der Waals surface area contributed by atoms with Crippen molar-refractivity contribution in [2.45, 2.75) is 0 Å². The molecule has 0 atom stereocenters. The van der Waals surface area contributed by atoms with Gasteiger partial charge in [-0.3, -0.25) is 0 Å². The third kappa shape index (κ3) is 27.0. The van der Waals surface area contributed by atoms with Crippen molar-refractivity contribution in [2.75, 3.05) is 0 Å². The molecule has 41 valence electrons. The minimum atomic E-state index is 0. The summed E-state index contributed by atoms with van der Waals surface area (Å²) in [6, 6.07) is 0. The molecule has 5 radical (unpaired) electrons. The minimum absolute atomic E-state index is 0. The second-order valence-electron chi connectivity index (χ2n) is 0. The first-order chi connectivity index (χ1) is 0. The molecule has 0 bridgehead atoms. The van der Waals surface area contributed by atoms with E-state index in [1.54, 1.807) is 0 Å². The van der Waals surface area contributed by atoms with Gasteiger partial charge in [0.15, 0.2) is 0 Å². The minimum Gasteiger partial charge on any atom is 0 e. The quantitative estimate of drug-likeness (QED) is 0.532. The van der Waals surface area contributed by atoms with Gasteiger partial charge in [0.1, 0.15) is 0 Å². The smallest absolute Gasteiger partial charge is 0 e. The third-order valence-electron chi connectivity index (χ3n) is 0. The van der Waals surface area contributed by atoms with Crippen LogP contribution in [0, 0.1) is 0 Å². The van der Waals surface area contributed by atoms with E-state index in [4.69, 9.17) is 0 Å². The average molecular weight is 325 g/mol. The molecule has 0 N–H and O–H groups in total. The van der Waals surface area contributed by atoms with E-state index in [9.17, 15) is 0 Å². The van der Waals surface area contributed by atoms with Crippen molar-refractivity contribution in [1.29, 1.82) is 0 Å². The molecule has 6 heavy (non-hydrogen) atoms. The largest absolute Gasteiger partial charge is 0 e. The van der Waals surface area contributed by atoms with E-state index in [0.717, 1.165) is 0 Å². The fourth-order valence-corrected chi connectivity index (χ4v) is 0. The Morgan fingerprint density at radius 2 is 1.00 bits per heavy atom. The SMILES string of the molecule is [Al].[Cu].[Fe].[Mn].[Ni].[Zn]. The van der Waals surface area contributed by atoms with E-state index < -0.39 is 0 Å². The van der Waals surface area contributed by atoms with Crippen molar-refractivity contribution in [3.8, 4) is 0 Å². The molecule has 0 amide bonds. The van der Waals surface area contributed by atoms with E-state index in [-0.39, 0.29) is 105 Å². The maximum atomic E-state index is 0. The first-order valence-electron chi connectivity index (χ1n) is 0. The fraction of sp³-hybridized carbons (Fsp3) is 0. The van der Waals surface area contributed by atoms with Gasteiger partial charge in [0.2, 0.25) is 0 Å². The second-order valence-corrected chi connectivity index (χ2v) is 0. The van der Waals surface area contributed by atoms with Crippen LogP contribution >= 0.6 is 0 Å². The molecule has 0 aliphatic carbocycles. The van der Waals surface area contributed by atoms with E-state index in [1.807, 2.05) is 0 Å². The molecule has 0 aromatic heterocycles. The molecule has 0 heterocycles. The summed E-state index contributed by atoms with van der Waals surface area (Å²) in [5.74, 6) is 0. The summed E-state index contributed by atoms with van der Waals surface area (Å²) in [6.45, 7) is 0.